The Bertz CT molecular complexity index is 880. The highest BCUT2D eigenvalue weighted by molar-refractivity contribution is 6.07. The van der Waals surface area contributed by atoms with Gasteiger partial charge in [0.1, 0.15) is 11.3 Å². The average molecular weight is 255 g/mol. The minimum Gasteiger partial charge on any atom is -0.508 e. The minimum atomic E-state index is -0.605. The first kappa shape index (κ1) is 11.3. The maximum Gasteiger partial charge on any atom is 0.344 e. The van der Waals surface area contributed by atoms with Gasteiger partial charge in [0.2, 0.25) is 5.91 Å². The van der Waals surface area contributed by atoms with E-state index in [9.17, 15) is 14.7 Å². The lowest BCUT2D eigenvalue weighted by atomic mass is 10.0. The van der Waals surface area contributed by atoms with Crippen LogP contribution in [0.3, 0.4) is 0 Å². The van der Waals surface area contributed by atoms with E-state index in [1.54, 1.807) is 18.2 Å². The first-order chi connectivity index (χ1) is 9.06. The Kier molecular flexibility index (Phi) is 2.28. The van der Waals surface area contributed by atoms with Gasteiger partial charge in [-0.1, -0.05) is 6.07 Å². The summed E-state index contributed by atoms with van der Waals surface area (Å²) in [6.07, 6.45) is 0. The lowest BCUT2D eigenvalue weighted by molar-refractivity contribution is 0.100. The van der Waals surface area contributed by atoms with Crippen molar-refractivity contribution < 1.29 is 14.3 Å². The Labute approximate surface area is 106 Å². The number of carbonyl (C=O) groups excluding carboxylic acids is 1. The van der Waals surface area contributed by atoms with Gasteiger partial charge in [0.15, 0.2) is 0 Å². The van der Waals surface area contributed by atoms with Crippen molar-refractivity contribution in [1.29, 1.82) is 0 Å². The highest BCUT2D eigenvalue weighted by Crippen LogP contribution is 2.26. The molecule has 1 aromatic heterocycles. The summed E-state index contributed by atoms with van der Waals surface area (Å²) in [6, 6.07) is 9.14. The van der Waals surface area contributed by atoms with E-state index in [0.29, 0.717) is 16.4 Å². The number of primary amides is 1. The molecule has 0 fully saturated rings. The van der Waals surface area contributed by atoms with E-state index >= 15 is 0 Å². The normalized spacial score (nSPS) is 10.9. The molecule has 0 saturated carbocycles. The standard InChI is InChI=1S/C14H9NO4/c15-13(17)7-1-3-9-10-4-2-8(16)6-12(10)19-14(18)11(9)5-7/h1-6,16H,(H2,15,17). The van der Waals surface area contributed by atoms with Gasteiger partial charge in [-0.25, -0.2) is 4.79 Å². The molecule has 0 radical (unpaired) electrons. The van der Waals surface area contributed by atoms with Crippen LogP contribution in [0.5, 0.6) is 5.75 Å². The largest absolute Gasteiger partial charge is 0.508 e. The highest BCUT2D eigenvalue weighted by atomic mass is 16.4. The van der Waals surface area contributed by atoms with Gasteiger partial charge in [0, 0.05) is 17.0 Å². The second-order valence-corrected chi connectivity index (χ2v) is 4.19. The van der Waals surface area contributed by atoms with Crippen molar-refractivity contribution in [3.8, 4) is 5.75 Å². The molecule has 0 aliphatic carbocycles. The molecule has 1 amide bonds. The number of rotatable bonds is 1. The summed E-state index contributed by atoms with van der Waals surface area (Å²) in [7, 11) is 0. The van der Waals surface area contributed by atoms with E-state index in [0.717, 1.165) is 0 Å². The van der Waals surface area contributed by atoms with Gasteiger partial charge in [0.05, 0.1) is 5.39 Å². The van der Waals surface area contributed by atoms with Crippen LogP contribution in [-0.4, -0.2) is 11.0 Å². The number of aromatic hydroxyl groups is 1. The van der Waals surface area contributed by atoms with E-state index in [2.05, 4.69) is 0 Å². The number of phenolic OH excluding ortho intramolecular Hbond substituents is 1. The topological polar surface area (TPSA) is 93.5 Å². The number of amides is 1. The fourth-order valence-electron chi connectivity index (χ4n) is 2.07. The zero-order valence-corrected chi connectivity index (χ0v) is 9.71. The summed E-state index contributed by atoms with van der Waals surface area (Å²) in [5, 5.41) is 11.0. The molecule has 0 aliphatic heterocycles. The molecule has 19 heavy (non-hydrogen) atoms. The lowest BCUT2D eigenvalue weighted by Crippen LogP contribution is -2.11. The first-order valence-electron chi connectivity index (χ1n) is 5.55. The monoisotopic (exact) mass is 255 g/mol. The molecule has 1 heterocycles. The molecule has 94 valence electrons. The predicted molar refractivity (Wildman–Crippen MR) is 70.2 cm³/mol. The summed E-state index contributed by atoms with van der Waals surface area (Å²) < 4.78 is 5.12. The van der Waals surface area contributed by atoms with Crippen LogP contribution in [0.15, 0.2) is 45.6 Å². The number of benzene rings is 2. The lowest BCUT2D eigenvalue weighted by Gasteiger charge is -2.04. The Morgan fingerprint density at radius 2 is 1.79 bits per heavy atom. The zero-order valence-electron chi connectivity index (χ0n) is 9.71. The van der Waals surface area contributed by atoms with E-state index in [1.165, 1.54) is 18.2 Å². The molecule has 0 saturated heterocycles. The summed E-state index contributed by atoms with van der Waals surface area (Å²) in [4.78, 5) is 23.0. The average Bonchev–Trinajstić information content (AvgIpc) is 2.38. The minimum absolute atomic E-state index is 0.0174. The zero-order chi connectivity index (χ0) is 13.6. The predicted octanol–water partition coefficient (Wildman–Crippen LogP) is 1.75. The molecule has 0 aliphatic rings. The van der Waals surface area contributed by atoms with Gasteiger partial charge in [-0.15, -0.1) is 0 Å². The maximum absolute atomic E-state index is 11.9. The van der Waals surface area contributed by atoms with Crippen LogP contribution < -0.4 is 11.4 Å². The van der Waals surface area contributed by atoms with Gasteiger partial charge in [-0.2, -0.15) is 0 Å². The Balaban J connectivity index is 2.49. The van der Waals surface area contributed by atoms with Crippen LogP contribution in [-0.2, 0) is 0 Å². The summed E-state index contributed by atoms with van der Waals surface area (Å²) in [5.41, 5.74) is 5.15. The highest BCUT2D eigenvalue weighted by Gasteiger charge is 2.10. The molecule has 0 unspecified atom stereocenters. The fraction of sp³-hybridized carbons (Fsp3) is 0. The number of hydrogen-bond acceptors (Lipinski definition) is 4. The third kappa shape index (κ3) is 1.72. The summed E-state index contributed by atoms with van der Waals surface area (Å²) in [5.74, 6) is -0.587. The molecular formula is C14H9NO4. The van der Waals surface area contributed by atoms with Crippen molar-refractivity contribution in [2.75, 3.05) is 0 Å². The number of phenols is 1. The molecule has 5 heteroatoms. The second kappa shape index (κ2) is 3.84. The van der Waals surface area contributed by atoms with E-state index in [1.807, 2.05) is 0 Å². The van der Waals surface area contributed by atoms with Gasteiger partial charge < -0.3 is 15.3 Å². The van der Waals surface area contributed by atoms with Crippen LogP contribution in [0.1, 0.15) is 10.4 Å². The SMILES string of the molecule is NC(=O)c1ccc2c(c1)c(=O)oc1cc(O)ccc12. The Morgan fingerprint density at radius 1 is 1.05 bits per heavy atom. The van der Waals surface area contributed by atoms with Crippen molar-refractivity contribution in [3.05, 3.63) is 52.4 Å². The molecule has 0 bridgehead atoms. The molecular weight excluding hydrogens is 246 g/mol. The number of fused-ring (bicyclic) bond motifs is 3. The molecule has 3 rings (SSSR count). The molecule has 2 aromatic carbocycles. The van der Waals surface area contributed by atoms with Gasteiger partial charge in [-0.05, 0) is 29.7 Å². The molecule has 0 atom stereocenters. The summed E-state index contributed by atoms with van der Waals surface area (Å²) in [6.45, 7) is 0. The van der Waals surface area contributed by atoms with Crippen LogP contribution in [0, 0.1) is 0 Å². The fourth-order valence-corrected chi connectivity index (χ4v) is 2.07. The van der Waals surface area contributed by atoms with E-state index < -0.39 is 11.5 Å². The molecule has 3 N–H and O–H groups in total. The molecule has 3 aromatic rings. The molecule has 5 nitrogen and oxygen atoms in total. The van der Waals surface area contributed by atoms with E-state index in [4.69, 9.17) is 10.2 Å². The van der Waals surface area contributed by atoms with Gasteiger partial charge >= 0.3 is 5.63 Å². The van der Waals surface area contributed by atoms with Crippen molar-refractivity contribution in [2.45, 2.75) is 0 Å². The van der Waals surface area contributed by atoms with Gasteiger partial charge in [-0.3, -0.25) is 4.79 Å². The van der Waals surface area contributed by atoms with Crippen molar-refractivity contribution in [1.82, 2.24) is 0 Å². The van der Waals surface area contributed by atoms with Gasteiger partial charge in [0.25, 0.3) is 0 Å². The van der Waals surface area contributed by atoms with Crippen LogP contribution in [0.4, 0.5) is 0 Å². The summed E-state index contributed by atoms with van der Waals surface area (Å²) >= 11 is 0. The van der Waals surface area contributed by atoms with Crippen LogP contribution in [0.2, 0.25) is 0 Å². The number of nitrogens with two attached hydrogens (primary N) is 1. The Hall–Kier alpha value is -2.82. The van der Waals surface area contributed by atoms with Crippen LogP contribution >= 0.6 is 0 Å². The Morgan fingerprint density at radius 3 is 2.53 bits per heavy atom. The van der Waals surface area contributed by atoms with Crippen molar-refractivity contribution >= 4 is 27.6 Å². The molecule has 0 spiro atoms. The van der Waals surface area contributed by atoms with E-state index in [-0.39, 0.29) is 16.7 Å². The number of carbonyl (C=O) groups is 1. The van der Waals surface area contributed by atoms with Crippen molar-refractivity contribution in [2.24, 2.45) is 5.73 Å². The second-order valence-electron chi connectivity index (χ2n) is 4.19. The smallest absolute Gasteiger partial charge is 0.344 e. The van der Waals surface area contributed by atoms with Crippen molar-refractivity contribution in [3.63, 3.8) is 0 Å². The third-order valence-corrected chi connectivity index (χ3v) is 2.98. The first-order valence-corrected chi connectivity index (χ1v) is 5.55. The maximum atomic E-state index is 11.9. The third-order valence-electron chi connectivity index (χ3n) is 2.98. The van der Waals surface area contributed by atoms with Crippen LogP contribution in [0.25, 0.3) is 21.7 Å². The quantitative estimate of drug-likeness (QED) is 0.511. The number of hydrogen-bond donors (Lipinski definition) is 2.